The summed E-state index contributed by atoms with van der Waals surface area (Å²) in [4.78, 5) is 11.4. The first-order chi connectivity index (χ1) is 8.65. The summed E-state index contributed by atoms with van der Waals surface area (Å²) in [6.45, 7) is 12.4. The Kier molecular flexibility index (Phi) is 7.07. The van der Waals surface area contributed by atoms with Crippen molar-refractivity contribution in [3.05, 3.63) is 0 Å². The summed E-state index contributed by atoms with van der Waals surface area (Å²) in [5.41, 5.74) is -0.296. The Bertz CT molecular complexity index is 323. The molecule has 0 aromatic rings. The third-order valence-corrected chi connectivity index (χ3v) is 3.32. The van der Waals surface area contributed by atoms with E-state index < -0.39 is 11.6 Å². The van der Waals surface area contributed by atoms with Crippen LogP contribution in [0.5, 0.6) is 0 Å². The van der Waals surface area contributed by atoms with Gasteiger partial charge in [0.1, 0.15) is 12.7 Å². The Hall–Kier alpha value is -1.08. The van der Waals surface area contributed by atoms with Gasteiger partial charge >= 0.3 is 5.97 Å². The second-order valence-corrected chi connectivity index (χ2v) is 6.42. The number of nitriles is 1. The maximum atomic E-state index is 11.4. The molecule has 0 spiro atoms. The lowest BCUT2D eigenvalue weighted by Gasteiger charge is -2.42. The normalized spacial score (nSPS) is 13.7. The number of rotatable bonds is 7. The molecule has 0 aromatic carbocycles. The Morgan fingerprint density at radius 3 is 2.26 bits per heavy atom. The largest absolute Gasteiger partial charge is 0.449 e. The average molecular weight is 269 g/mol. The van der Waals surface area contributed by atoms with Crippen molar-refractivity contribution in [1.82, 2.24) is 0 Å². The van der Waals surface area contributed by atoms with E-state index in [-0.39, 0.29) is 18.6 Å². The molecule has 0 rings (SSSR count). The standard InChI is InChI=1S/C15H27NO3/c1-7-8-12(14(2,3)4)15(5,6)19-11-13(17)18-10-9-16/h12H,7-8,10-11H2,1-6H3. The Labute approximate surface area is 117 Å². The van der Waals surface area contributed by atoms with Gasteiger partial charge in [-0.05, 0) is 31.6 Å². The zero-order chi connectivity index (χ0) is 15.1. The van der Waals surface area contributed by atoms with Gasteiger partial charge < -0.3 is 9.47 Å². The molecule has 0 heterocycles. The van der Waals surface area contributed by atoms with Crippen molar-refractivity contribution < 1.29 is 14.3 Å². The van der Waals surface area contributed by atoms with Crippen molar-refractivity contribution in [3.63, 3.8) is 0 Å². The minimum Gasteiger partial charge on any atom is -0.449 e. The monoisotopic (exact) mass is 269 g/mol. The molecule has 0 aliphatic heterocycles. The predicted octanol–water partition coefficient (Wildman–Crippen LogP) is 3.31. The van der Waals surface area contributed by atoms with Crippen molar-refractivity contribution in [2.75, 3.05) is 13.2 Å². The molecule has 4 nitrogen and oxygen atoms in total. The highest BCUT2D eigenvalue weighted by Gasteiger charge is 2.38. The number of hydrogen-bond acceptors (Lipinski definition) is 4. The number of nitrogens with zero attached hydrogens (tertiary/aromatic N) is 1. The number of carbonyl (C=O) groups excluding carboxylic acids is 1. The van der Waals surface area contributed by atoms with E-state index in [1.807, 2.05) is 13.8 Å². The van der Waals surface area contributed by atoms with Gasteiger partial charge in [-0.2, -0.15) is 5.26 Å². The number of carbonyl (C=O) groups is 1. The van der Waals surface area contributed by atoms with E-state index in [4.69, 9.17) is 10.00 Å². The summed E-state index contributed by atoms with van der Waals surface area (Å²) in [6, 6.07) is 1.76. The van der Waals surface area contributed by atoms with Gasteiger partial charge in [-0.1, -0.05) is 34.1 Å². The summed E-state index contributed by atoms with van der Waals surface area (Å²) in [5.74, 6) is -0.146. The van der Waals surface area contributed by atoms with Crippen LogP contribution in [0.1, 0.15) is 54.4 Å². The molecule has 0 saturated heterocycles. The van der Waals surface area contributed by atoms with Gasteiger partial charge in [0.25, 0.3) is 0 Å². The number of esters is 1. The second-order valence-electron chi connectivity index (χ2n) is 6.42. The van der Waals surface area contributed by atoms with Crippen LogP contribution in [0.2, 0.25) is 0 Å². The molecule has 0 aliphatic carbocycles. The average Bonchev–Trinajstić information content (AvgIpc) is 2.29. The molecule has 4 heteroatoms. The maximum absolute atomic E-state index is 11.4. The van der Waals surface area contributed by atoms with Crippen molar-refractivity contribution in [2.24, 2.45) is 11.3 Å². The van der Waals surface area contributed by atoms with Gasteiger partial charge in [0.05, 0.1) is 5.60 Å². The van der Waals surface area contributed by atoms with Crippen LogP contribution in [0.25, 0.3) is 0 Å². The van der Waals surface area contributed by atoms with Gasteiger partial charge in [-0.15, -0.1) is 0 Å². The molecule has 0 amide bonds. The topological polar surface area (TPSA) is 59.3 Å². The van der Waals surface area contributed by atoms with Gasteiger partial charge in [-0.25, -0.2) is 4.79 Å². The maximum Gasteiger partial charge on any atom is 0.333 e. The highest BCUT2D eigenvalue weighted by Crippen LogP contribution is 2.39. The van der Waals surface area contributed by atoms with E-state index in [1.54, 1.807) is 6.07 Å². The Balaban J connectivity index is 4.57. The predicted molar refractivity (Wildman–Crippen MR) is 74.5 cm³/mol. The van der Waals surface area contributed by atoms with Crippen LogP contribution < -0.4 is 0 Å². The zero-order valence-corrected chi connectivity index (χ0v) is 13.1. The van der Waals surface area contributed by atoms with Crippen LogP contribution in [-0.2, 0) is 14.3 Å². The molecule has 1 atom stereocenters. The fourth-order valence-corrected chi connectivity index (χ4v) is 2.61. The SMILES string of the molecule is CCCC(C(C)(C)C)C(C)(C)OCC(=O)OCC#N. The molecule has 0 saturated carbocycles. The molecular weight excluding hydrogens is 242 g/mol. The molecule has 0 fully saturated rings. The van der Waals surface area contributed by atoms with E-state index in [9.17, 15) is 4.79 Å². The lowest BCUT2D eigenvalue weighted by atomic mass is 9.69. The van der Waals surface area contributed by atoms with Crippen LogP contribution in [-0.4, -0.2) is 24.8 Å². The highest BCUT2D eigenvalue weighted by molar-refractivity contribution is 5.70. The lowest BCUT2D eigenvalue weighted by molar-refractivity contribution is -0.160. The summed E-state index contributed by atoms with van der Waals surface area (Å²) >= 11 is 0. The fraction of sp³-hybridized carbons (Fsp3) is 0.867. The lowest BCUT2D eigenvalue weighted by Crippen LogP contribution is -2.43. The fourth-order valence-electron chi connectivity index (χ4n) is 2.61. The van der Waals surface area contributed by atoms with Crippen LogP contribution in [0.3, 0.4) is 0 Å². The first-order valence-corrected chi connectivity index (χ1v) is 6.81. The van der Waals surface area contributed by atoms with Gasteiger partial charge in [0, 0.05) is 0 Å². The van der Waals surface area contributed by atoms with Crippen molar-refractivity contribution in [2.45, 2.75) is 60.0 Å². The highest BCUT2D eigenvalue weighted by atomic mass is 16.6. The summed E-state index contributed by atoms with van der Waals surface area (Å²) in [6.07, 6.45) is 2.12. The molecular formula is C15H27NO3. The van der Waals surface area contributed by atoms with E-state index in [0.717, 1.165) is 12.8 Å². The van der Waals surface area contributed by atoms with Gasteiger partial charge in [0.15, 0.2) is 6.61 Å². The van der Waals surface area contributed by atoms with E-state index in [0.29, 0.717) is 5.92 Å². The third-order valence-electron chi connectivity index (χ3n) is 3.32. The van der Waals surface area contributed by atoms with Crippen LogP contribution in [0.15, 0.2) is 0 Å². The van der Waals surface area contributed by atoms with Gasteiger partial charge in [0.2, 0.25) is 0 Å². The van der Waals surface area contributed by atoms with E-state index in [1.165, 1.54) is 0 Å². The first kappa shape index (κ1) is 17.9. The number of ether oxygens (including phenoxy) is 2. The first-order valence-electron chi connectivity index (χ1n) is 6.81. The molecule has 19 heavy (non-hydrogen) atoms. The quantitative estimate of drug-likeness (QED) is 0.665. The summed E-state index contributed by atoms with van der Waals surface area (Å²) in [5, 5.41) is 8.34. The van der Waals surface area contributed by atoms with Crippen LogP contribution in [0, 0.1) is 22.7 Å². The van der Waals surface area contributed by atoms with Crippen molar-refractivity contribution >= 4 is 5.97 Å². The minimum atomic E-state index is -0.487. The molecule has 110 valence electrons. The zero-order valence-electron chi connectivity index (χ0n) is 13.1. The smallest absolute Gasteiger partial charge is 0.333 e. The van der Waals surface area contributed by atoms with Crippen molar-refractivity contribution in [1.29, 1.82) is 5.26 Å². The van der Waals surface area contributed by atoms with E-state index in [2.05, 4.69) is 32.4 Å². The molecule has 1 unspecified atom stereocenters. The number of hydrogen-bond donors (Lipinski definition) is 0. The second kappa shape index (κ2) is 7.49. The molecule has 0 bridgehead atoms. The molecule has 0 N–H and O–H groups in total. The van der Waals surface area contributed by atoms with Crippen LogP contribution >= 0.6 is 0 Å². The molecule has 0 aromatic heterocycles. The third kappa shape index (κ3) is 6.58. The molecule has 0 aliphatic rings. The van der Waals surface area contributed by atoms with Gasteiger partial charge in [-0.3, -0.25) is 0 Å². The Morgan fingerprint density at radius 2 is 1.84 bits per heavy atom. The Morgan fingerprint density at radius 1 is 1.26 bits per heavy atom. The van der Waals surface area contributed by atoms with Crippen LogP contribution in [0.4, 0.5) is 0 Å². The van der Waals surface area contributed by atoms with E-state index >= 15 is 0 Å². The minimum absolute atomic E-state index is 0.106. The molecule has 0 radical (unpaired) electrons. The van der Waals surface area contributed by atoms with Crippen molar-refractivity contribution in [3.8, 4) is 6.07 Å². The summed E-state index contributed by atoms with van der Waals surface area (Å²) < 4.78 is 10.4. The summed E-state index contributed by atoms with van der Waals surface area (Å²) in [7, 11) is 0.